The molecule has 0 bridgehead atoms. The highest BCUT2D eigenvalue weighted by Crippen LogP contribution is 2.20. The molecule has 0 aliphatic heterocycles. The van der Waals surface area contributed by atoms with Crippen LogP contribution in [0, 0.1) is 6.92 Å². The summed E-state index contributed by atoms with van der Waals surface area (Å²) in [6, 6.07) is 14.2. The summed E-state index contributed by atoms with van der Waals surface area (Å²) >= 11 is 1.39. The second-order valence-electron chi connectivity index (χ2n) is 4.77. The second kappa shape index (κ2) is 6.45. The molecule has 5 heteroatoms. The van der Waals surface area contributed by atoms with Crippen LogP contribution in [0.3, 0.4) is 0 Å². The van der Waals surface area contributed by atoms with E-state index in [-0.39, 0.29) is 0 Å². The van der Waals surface area contributed by atoms with Crippen molar-refractivity contribution >= 4 is 16.7 Å². The summed E-state index contributed by atoms with van der Waals surface area (Å²) in [4.78, 5) is 8.80. The third-order valence-electron chi connectivity index (χ3n) is 3.12. The number of anilines is 1. The van der Waals surface area contributed by atoms with Gasteiger partial charge in [-0.05, 0) is 25.0 Å². The minimum absolute atomic E-state index is 0.778. The molecule has 4 nitrogen and oxygen atoms in total. The van der Waals surface area contributed by atoms with E-state index < -0.39 is 0 Å². The third kappa shape index (κ3) is 3.64. The molecule has 1 aromatic carbocycles. The number of nitrogens with one attached hydrogen (secondary N) is 1. The molecule has 2 heterocycles. The lowest BCUT2D eigenvalue weighted by Crippen LogP contribution is -2.04. The summed E-state index contributed by atoms with van der Waals surface area (Å²) in [5.41, 5.74) is 3.31. The fourth-order valence-electron chi connectivity index (χ4n) is 1.96. The van der Waals surface area contributed by atoms with E-state index in [0.29, 0.717) is 0 Å². The van der Waals surface area contributed by atoms with Gasteiger partial charge in [0.05, 0.1) is 0 Å². The quantitative estimate of drug-likeness (QED) is 0.782. The summed E-state index contributed by atoms with van der Waals surface area (Å²) in [5.74, 6) is 0.778. The Balaban J connectivity index is 1.57. The molecule has 0 unspecified atom stereocenters. The maximum Gasteiger partial charge on any atom is 0.202 e. The maximum absolute atomic E-state index is 4.51. The number of aryl methyl sites for hydroxylation is 1. The van der Waals surface area contributed by atoms with Crippen LogP contribution in [0.1, 0.15) is 11.3 Å². The van der Waals surface area contributed by atoms with Crippen molar-refractivity contribution in [3.63, 3.8) is 0 Å². The molecule has 0 fully saturated rings. The summed E-state index contributed by atoms with van der Waals surface area (Å²) in [6.45, 7) is 2.82. The molecule has 0 amide bonds. The van der Waals surface area contributed by atoms with E-state index in [1.807, 2.05) is 49.5 Å². The zero-order valence-electron chi connectivity index (χ0n) is 11.8. The van der Waals surface area contributed by atoms with E-state index >= 15 is 0 Å². The molecular weight excluding hydrogens is 280 g/mol. The molecule has 3 aromatic rings. The van der Waals surface area contributed by atoms with Gasteiger partial charge in [-0.15, -0.1) is 0 Å². The summed E-state index contributed by atoms with van der Waals surface area (Å²) in [5, 5.41) is 4.17. The van der Waals surface area contributed by atoms with Gasteiger partial charge in [-0.3, -0.25) is 4.98 Å². The third-order valence-corrected chi connectivity index (χ3v) is 3.79. The predicted molar refractivity (Wildman–Crippen MR) is 86.5 cm³/mol. The molecule has 0 atom stereocenters. The SMILES string of the molecule is Cc1ccc(CCNc2nc(-c3ccccc3)ns2)cn1. The molecule has 21 heavy (non-hydrogen) atoms. The van der Waals surface area contributed by atoms with Crippen LogP contribution >= 0.6 is 11.5 Å². The molecule has 3 rings (SSSR count). The Bertz CT molecular complexity index is 692. The molecule has 0 radical (unpaired) electrons. The molecular formula is C16H16N4S. The Hall–Kier alpha value is -2.27. The molecule has 2 aromatic heterocycles. The van der Waals surface area contributed by atoms with Gasteiger partial charge in [-0.1, -0.05) is 36.4 Å². The molecule has 0 saturated heterocycles. The zero-order valence-corrected chi connectivity index (χ0v) is 12.6. The summed E-state index contributed by atoms with van der Waals surface area (Å²) < 4.78 is 4.38. The van der Waals surface area contributed by atoms with Crippen LogP contribution in [-0.4, -0.2) is 20.9 Å². The van der Waals surface area contributed by atoms with Crippen LogP contribution < -0.4 is 5.32 Å². The molecule has 0 aliphatic carbocycles. The first kappa shape index (κ1) is 13.7. The van der Waals surface area contributed by atoms with Gasteiger partial charge >= 0.3 is 0 Å². The van der Waals surface area contributed by atoms with Crippen LogP contribution in [-0.2, 0) is 6.42 Å². The summed E-state index contributed by atoms with van der Waals surface area (Å²) in [7, 11) is 0. The van der Waals surface area contributed by atoms with Crippen LogP contribution in [0.2, 0.25) is 0 Å². The Labute approximate surface area is 128 Å². The van der Waals surface area contributed by atoms with Crippen molar-refractivity contribution in [1.29, 1.82) is 0 Å². The lowest BCUT2D eigenvalue weighted by atomic mass is 10.2. The first-order valence-electron chi connectivity index (χ1n) is 6.86. The van der Waals surface area contributed by atoms with Crippen molar-refractivity contribution in [1.82, 2.24) is 14.3 Å². The number of aromatic nitrogens is 3. The number of hydrogen-bond acceptors (Lipinski definition) is 5. The molecule has 106 valence electrons. The smallest absolute Gasteiger partial charge is 0.202 e. The number of nitrogens with zero attached hydrogens (tertiary/aromatic N) is 3. The van der Waals surface area contributed by atoms with Gasteiger partial charge in [0.1, 0.15) is 0 Å². The highest BCUT2D eigenvalue weighted by molar-refractivity contribution is 7.09. The van der Waals surface area contributed by atoms with Gasteiger partial charge in [-0.2, -0.15) is 9.36 Å². The average Bonchev–Trinajstić information content (AvgIpc) is 2.99. The highest BCUT2D eigenvalue weighted by atomic mass is 32.1. The molecule has 0 aliphatic rings. The van der Waals surface area contributed by atoms with Crippen LogP contribution in [0.5, 0.6) is 0 Å². The lowest BCUT2D eigenvalue weighted by Gasteiger charge is -2.02. The maximum atomic E-state index is 4.51. The number of benzene rings is 1. The van der Waals surface area contributed by atoms with Crippen molar-refractivity contribution < 1.29 is 0 Å². The van der Waals surface area contributed by atoms with E-state index in [9.17, 15) is 0 Å². The number of hydrogen-bond donors (Lipinski definition) is 1. The fraction of sp³-hybridized carbons (Fsp3) is 0.188. The zero-order chi connectivity index (χ0) is 14.5. The van der Waals surface area contributed by atoms with Gasteiger partial charge in [0.15, 0.2) is 5.82 Å². The Morgan fingerprint density at radius 2 is 1.95 bits per heavy atom. The highest BCUT2D eigenvalue weighted by Gasteiger charge is 2.05. The Morgan fingerprint density at radius 3 is 2.71 bits per heavy atom. The van der Waals surface area contributed by atoms with Crippen LogP contribution in [0.25, 0.3) is 11.4 Å². The van der Waals surface area contributed by atoms with Crippen LogP contribution in [0.4, 0.5) is 5.13 Å². The number of pyridine rings is 1. The van der Waals surface area contributed by atoms with E-state index in [0.717, 1.165) is 35.2 Å². The number of rotatable bonds is 5. The Morgan fingerprint density at radius 1 is 1.10 bits per heavy atom. The lowest BCUT2D eigenvalue weighted by molar-refractivity contribution is 0.994. The first-order valence-corrected chi connectivity index (χ1v) is 7.63. The average molecular weight is 296 g/mol. The monoisotopic (exact) mass is 296 g/mol. The van der Waals surface area contributed by atoms with Crippen molar-refractivity contribution in [2.45, 2.75) is 13.3 Å². The van der Waals surface area contributed by atoms with E-state index in [1.54, 1.807) is 0 Å². The van der Waals surface area contributed by atoms with Gasteiger partial charge in [0.2, 0.25) is 5.13 Å². The minimum Gasteiger partial charge on any atom is -0.360 e. The van der Waals surface area contributed by atoms with Crippen LogP contribution in [0.15, 0.2) is 48.7 Å². The topological polar surface area (TPSA) is 50.7 Å². The van der Waals surface area contributed by atoms with Gasteiger partial charge in [0.25, 0.3) is 0 Å². The van der Waals surface area contributed by atoms with E-state index in [2.05, 4.69) is 25.7 Å². The fourth-order valence-corrected chi connectivity index (χ4v) is 2.57. The normalized spacial score (nSPS) is 10.5. The van der Waals surface area contributed by atoms with E-state index in [4.69, 9.17) is 0 Å². The minimum atomic E-state index is 0.778. The largest absolute Gasteiger partial charge is 0.360 e. The van der Waals surface area contributed by atoms with Crippen molar-refractivity contribution in [2.24, 2.45) is 0 Å². The van der Waals surface area contributed by atoms with E-state index in [1.165, 1.54) is 17.1 Å². The predicted octanol–water partition coefficient (Wildman–Crippen LogP) is 3.56. The van der Waals surface area contributed by atoms with Gasteiger partial charge in [0, 0.05) is 35.5 Å². The standard InChI is InChI=1S/C16H16N4S/c1-12-7-8-13(11-18-12)9-10-17-16-19-15(20-21-16)14-5-3-2-4-6-14/h2-8,11H,9-10H2,1H3,(H,17,19,20). The molecule has 0 saturated carbocycles. The second-order valence-corrected chi connectivity index (χ2v) is 5.53. The Kier molecular flexibility index (Phi) is 4.21. The van der Waals surface area contributed by atoms with Gasteiger partial charge in [-0.25, -0.2) is 0 Å². The molecule has 0 spiro atoms. The van der Waals surface area contributed by atoms with Crippen molar-refractivity contribution in [3.05, 3.63) is 59.9 Å². The summed E-state index contributed by atoms with van der Waals surface area (Å²) in [6.07, 6.45) is 2.85. The molecule has 1 N–H and O–H groups in total. The van der Waals surface area contributed by atoms with Gasteiger partial charge < -0.3 is 5.32 Å². The van der Waals surface area contributed by atoms with Crippen molar-refractivity contribution in [3.8, 4) is 11.4 Å². The first-order chi connectivity index (χ1) is 10.3. The van der Waals surface area contributed by atoms with Crippen molar-refractivity contribution in [2.75, 3.05) is 11.9 Å².